The van der Waals surface area contributed by atoms with Crippen molar-refractivity contribution in [3.8, 4) is 5.88 Å². The van der Waals surface area contributed by atoms with E-state index in [1.54, 1.807) is 0 Å². The zero-order chi connectivity index (χ0) is 19.1. The van der Waals surface area contributed by atoms with Gasteiger partial charge in [0, 0.05) is 48.1 Å². The largest absolute Gasteiger partial charge is 0.475 e. The van der Waals surface area contributed by atoms with Gasteiger partial charge in [-0.2, -0.15) is 0 Å². The third-order valence-electron chi connectivity index (χ3n) is 5.87. The van der Waals surface area contributed by atoms with Crippen LogP contribution in [0.15, 0.2) is 30.5 Å². The van der Waals surface area contributed by atoms with Crippen LogP contribution >= 0.6 is 0 Å². The summed E-state index contributed by atoms with van der Waals surface area (Å²) in [6, 6.07) is 9.09. The summed E-state index contributed by atoms with van der Waals surface area (Å²) >= 11 is 0. The molecule has 3 aliphatic heterocycles. The van der Waals surface area contributed by atoms with Crippen molar-refractivity contribution >= 4 is 17.1 Å². The Labute approximate surface area is 166 Å². The number of anilines is 3. The van der Waals surface area contributed by atoms with Gasteiger partial charge in [-0.15, -0.1) is 0 Å². The molecule has 0 spiro atoms. The number of aromatic nitrogens is 1. The second-order valence-electron chi connectivity index (χ2n) is 8.16. The minimum absolute atomic E-state index is 0.125. The molecule has 6 nitrogen and oxygen atoms in total. The van der Waals surface area contributed by atoms with Gasteiger partial charge in [0.1, 0.15) is 0 Å². The van der Waals surface area contributed by atoms with E-state index in [-0.39, 0.29) is 6.10 Å². The molecular weight excluding hydrogens is 352 g/mol. The van der Waals surface area contributed by atoms with E-state index in [1.165, 1.54) is 23.2 Å². The molecule has 28 heavy (non-hydrogen) atoms. The molecule has 2 N–H and O–H groups in total. The van der Waals surface area contributed by atoms with Gasteiger partial charge in [0.15, 0.2) is 0 Å². The van der Waals surface area contributed by atoms with E-state index in [0.29, 0.717) is 24.4 Å². The first kappa shape index (κ1) is 17.8. The Bertz CT molecular complexity index is 852. The Morgan fingerprint density at radius 2 is 2.21 bits per heavy atom. The summed E-state index contributed by atoms with van der Waals surface area (Å²) in [6.45, 7) is 8.64. The third-order valence-corrected chi connectivity index (χ3v) is 5.87. The molecule has 2 atom stereocenters. The SMILES string of the molecule is CC(C)Oc1ccc(Nc2cc3c4c(c2)[C@@H]2CNCC[C@@H]2N4CCOC3)cn1. The number of nitrogens with zero attached hydrogens (tertiary/aromatic N) is 2. The van der Waals surface area contributed by atoms with E-state index >= 15 is 0 Å². The van der Waals surface area contributed by atoms with Crippen molar-refractivity contribution in [2.75, 3.05) is 36.5 Å². The summed E-state index contributed by atoms with van der Waals surface area (Å²) in [7, 11) is 0. The number of piperidine rings is 1. The maximum atomic E-state index is 5.90. The standard InChI is InChI=1S/C22H28N4O2/c1-14(2)28-21-4-3-16(11-24-21)25-17-9-15-13-27-8-7-26-20-5-6-23-12-19(20)18(10-17)22(15)26/h3-4,9-11,14,19-20,23,25H,5-8,12-13H2,1-2H3/t19-,20-/m0/s1. The average molecular weight is 380 g/mol. The van der Waals surface area contributed by atoms with Crippen LogP contribution in [0, 0.1) is 0 Å². The molecule has 1 aromatic heterocycles. The first-order chi connectivity index (χ1) is 13.7. The second kappa shape index (κ2) is 7.26. The fourth-order valence-corrected chi connectivity index (χ4v) is 4.79. The summed E-state index contributed by atoms with van der Waals surface area (Å²) in [5.41, 5.74) is 6.23. The molecular formula is C22H28N4O2. The zero-order valence-corrected chi connectivity index (χ0v) is 16.6. The third kappa shape index (κ3) is 3.20. The molecule has 0 saturated carbocycles. The highest BCUT2D eigenvalue weighted by molar-refractivity contribution is 5.74. The van der Waals surface area contributed by atoms with Gasteiger partial charge < -0.3 is 25.0 Å². The average Bonchev–Trinajstić information content (AvgIpc) is 2.85. The Balaban J connectivity index is 1.45. The molecule has 1 saturated heterocycles. The molecule has 2 aromatic rings. The Kier molecular flexibility index (Phi) is 4.61. The van der Waals surface area contributed by atoms with Crippen molar-refractivity contribution < 1.29 is 9.47 Å². The highest BCUT2D eigenvalue weighted by atomic mass is 16.5. The van der Waals surface area contributed by atoms with Gasteiger partial charge in [-0.3, -0.25) is 0 Å². The zero-order valence-electron chi connectivity index (χ0n) is 16.6. The molecule has 1 aromatic carbocycles. The quantitative estimate of drug-likeness (QED) is 0.848. The number of hydrogen-bond donors (Lipinski definition) is 2. The van der Waals surface area contributed by atoms with Crippen LogP contribution in [0.3, 0.4) is 0 Å². The molecule has 0 bridgehead atoms. The van der Waals surface area contributed by atoms with Crippen molar-refractivity contribution in [1.82, 2.24) is 10.3 Å². The Morgan fingerprint density at radius 3 is 3.04 bits per heavy atom. The van der Waals surface area contributed by atoms with Crippen molar-refractivity contribution in [1.29, 1.82) is 0 Å². The van der Waals surface area contributed by atoms with E-state index in [1.807, 2.05) is 32.2 Å². The van der Waals surface area contributed by atoms with E-state index in [0.717, 1.165) is 37.6 Å². The minimum atomic E-state index is 0.125. The number of hydrogen-bond acceptors (Lipinski definition) is 6. The van der Waals surface area contributed by atoms with Crippen molar-refractivity contribution in [2.24, 2.45) is 0 Å². The molecule has 148 valence electrons. The smallest absolute Gasteiger partial charge is 0.213 e. The number of pyridine rings is 1. The molecule has 6 heteroatoms. The molecule has 1 fully saturated rings. The van der Waals surface area contributed by atoms with Crippen LogP contribution < -0.4 is 20.3 Å². The lowest BCUT2D eigenvalue weighted by molar-refractivity contribution is 0.130. The van der Waals surface area contributed by atoms with Gasteiger partial charge >= 0.3 is 0 Å². The summed E-state index contributed by atoms with van der Waals surface area (Å²) in [5.74, 6) is 1.21. The monoisotopic (exact) mass is 380 g/mol. The fraction of sp³-hybridized carbons (Fsp3) is 0.500. The van der Waals surface area contributed by atoms with Gasteiger partial charge in [0.2, 0.25) is 5.88 Å². The van der Waals surface area contributed by atoms with Gasteiger partial charge in [-0.05, 0) is 50.6 Å². The predicted molar refractivity (Wildman–Crippen MR) is 111 cm³/mol. The lowest BCUT2D eigenvalue weighted by Crippen LogP contribution is -2.44. The topological polar surface area (TPSA) is 58.7 Å². The van der Waals surface area contributed by atoms with Crippen LogP contribution in [0.25, 0.3) is 0 Å². The first-order valence-corrected chi connectivity index (χ1v) is 10.3. The van der Waals surface area contributed by atoms with Gasteiger partial charge in [-0.25, -0.2) is 4.98 Å². The fourth-order valence-electron chi connectivity index (χ4n) is 4.79. The van der Waals surface area contributed by atoms with Crippen LogP contribution in [0.5, 0.6) is 5.88 Å². The Hall–Kier alpha value is -2.31. The van der Waals surface area contributed by atoms with Crippen LogP contribution in [0.1, 0.15) is 37.3 Å². The van der Waals surface area contributed by atoms with E-state index in [9.17, 15) is 0 Å². The van der Waals surface area contributed by atoms with Crippen LogP contribution in [0.4, 0.5) is 17.1 Å². The number of benzene rings is 1. The van der Waals surface area contributed by atoms with E-state index in [4.69, 9.17) is 9.47 Å². The van der Waals surface area contributed by atoms with Crippen LogP contribution in [0.2, 0.25) is 0 Å². The summed E-state index contributed by atoms with van der Waals surface area (Å²) in [6.07, 6.45) is 3.15. The highest BCUT2D eigenvalue weighted by Crippen LogP contribution is 2.47. The predicted octanol–water partition coefficient (Wildman–Crippen LogP) is 3.41. The normalized spacial score (nSPS) is 23.2. The van der Waals surface area contributed by atoms with Gasteiger partial charge in [0.05, 0.1) is 31.2 Å². The maximum absolute atomic E-state index is 5.90. The minimum Gasteiger partial charge on any atom is -0.475 e. The molecule has 0 aliphatic carbocycles. The number of nitrogens with one attached hydrogen (secondary N) is 2. The first-order valence-electron chi connectivity index (χ1n) is 10.3. The van der Waals surface area contributed by atoms with Crippen LogP contribution in [-0.4, -0.2) is 43.4 Å². The molecule has 0 amide bonds. The number of fused-ring (bicyclic) bond motifs is 3. The summed E-state index contributed by atoms with van der Waals surface area (Å²) in [4.78, 5) is 7.01. The number of ether oxygens (including phenoxy) is 2. The molecule has 5 rings (SSSR count). The summed E-state index contributed by atoms with van der Waals surface area (Å²) in [5, 5.41) is 7.12. The lowest BCUT2D eigenvalue weighted by Gasteiger charge is -2.33. The Morgan fingerprint density at radius 1 is 1.29 bits per heavy atom. The molecule has 0 unspecified atom stereocenters. The van der Waals surface area contributed by atoms with Crippen molar-refractivity contribution in [3.63, 3.8) is 0 Å². The maximum Gasteiger partial charge on any atom is 0.213 e. The van der Waals surface area contributed by atoms with Crippen molar-refractivity contribution in [3.05, 3.63) is 41.6 Å². The molecule has 0 radical (unpaired) electrons. The van der Waals surface area contributed by atoms with Gasteiger partial charge in [-0.1, -0.05) is 0 Å². The molecule has 4 heterocycles. The lowest BCUT2D eigenvalue weighted by atomic mass is 9.89. The van der Waals surface area contributed by atoms with Crippen molar-refractivity contribution in [2.45, 2.75) is 44.9 Å². The second-order valence-corrected chi connectivity index (χ2v) is 8.16. The van der Waals surface area contributed by atoms with Gasteiger partial charge in [0.25, 0.3) is 0 Å². The van der Waals surface area contributed by atoms with Crippen LogP contribution in [-0.2, 0) is 11.3 Å². The highest BCUT2D eigenvalue weighted by Gasteiger charge is 2.41. The molecule has 3 aliphatic rings. The van der Waals surface area contributed by atoms with E-state index < -0.39 is 0 Å². The number of rotatable bonds is 4. The summed E-state index contributed by atoms with van der Waals surface area (Å²) < 4.78 is 11.5. The van der Waals surface area contributed by atoms with E-state index in [2.05, 4.69) is 32.7 Å².